The van der Waals surface area contributed by atoms with Gasteiger partial charge in [0.15, 0.2) is 6.61 Å². The summed E-state index contributed by atoms with van der Waals surface area (Å²) in [5, 5.41) is 2.83. The van der Waals surface area contributed by atoms with Crippen LogP contribution in [0.5, 0.6) is 5.75 Å². The Morgan fingerprint density at radius 3 is 2.43 bits per heavy atom. The van der Waals surface area contributed by atoms with Gasteiger partial charge in [0.05, 0.1) is 18.1 Å². The summed E-state index contributed by atoms with van der Waals surface area (Å²) in [4.78, 5) is 14.4. The summed E-state index contributed by atoms with van der Waals surface area (Å²) in [6, 6.07) is 6.15. The number of amides is 1. The third-order valence-corrected chi connectivity index (χ3v) is 6.68. The van der Waals surface area contributed by atoms with Crippen molar-refractivity contribution < 1.29 is 22.7 Å². The van der Waals surface area contributed by atoms with E-state index in [0.29, 0.717) is 25.4 Å². The van der Waals surface area contributed by atoms with E-state index in [0.717, 1.165) is 39.3 Å². The molecule has 0 aliphatic carbocycles. The fourth-order valence-corrected chi connectivity index (χ4v) is 4.43. The molecule has 1 aromatic carbocycles. The van der Waals surface area contributed by atoms with E-state index < -0.39 is 10.0 Å². The van der Waals surface area contributed by atoms with Crippen molar-refractivity contribution >= 4 is 15.9 Å². The van der Waals surface area contributed by atoms with Crippen molar-refractivity contribution in [3.8, 4) is 5.75 Å². The maximum absolute atomic E-state index is 12.4. The molecule has 1 aliphatic heterocycles. The molecule has 0 bridgehead atoms. The van der Waals surface area contributed by atoms with Crippen LogP contribution in [0, 0.1) is 0 Å². The highest BCUT2D eigenvalue weighted by atomic mass is 32.2. The van der Waals surface area contributed by atoms with Gasteiger partial charge in [0.25, 0.3) is 5.91 Å². The van der Waals surface area contributed by atoms with Crippen molar-refractivity contribution in [3.05, 3.63) is 24.3 Å². The molecule has 0 spiro atoms. The Balaban J connectivity index is 1.71. The Hall–Kier alpha value is -1.68. The van der Waals surface area contributed by atoms with Crippen molar-refractivity contribution in [3.63, 3.8) is 0 Å². The molecule has 1 saturated heterocycles. The number of hydrogen-bond donors (Lipinski definition) is 1. The third kappa shape index (κ3) is 6.73. The van der Waals surface area contributed by atoms with Crippen molar-refractivity contribution in [2.45, 2.75) is 25.2 Å². The number of carbonyl (C=O) groups is 1. The van der Waals surface area contributed by atoms with Gasteiger partial charge in [-0.25, -0.2) is 8.42 Å². The molecule has 1 amide bonds. The van der Waals surface area contributed by atoms with E-state index in [1.54, 1.807) is 26.0 Å². The zero-order valence-electron chi connectivity index (χ0n) is 16.7. The number of morpholine rings is 1. The highest BCUT2D eigenvalue weighted by molar-refractivity contribution is 7.89. The molecule has 158 valence electrons. The molecule has 1 aliphatic rings. The third-order valence-electron chi connectivity index (χ3n) is 4.61. The highest BCUT2D eigenvalue weighted by Gasteiger charge is 2.21. The van der Waals surface area contributed by atoms with Crippen LogP contribution in [0.4, 0.5) is 0 Å². The molecular weight excluding hydrogens is 382 g/mol. The predicted molar refractivity (Wildman–Crippen MR) is 107 cm³/mol. The number of ether oxygens (including phenoxy) is 2. The summed E-state index contributed by atoms with van der Waals surface area (Å²) < 4.78 is 37.0. The smallest absolute Gasteiger partial charge is 0.257 e. The van der Waals surface area contributed by atoms with Gasteiger partial charge in [0.2, 0.25) is 10.0 Å². The quantitative estimate of drug-likeness (QED) is 0.543. The van der Waals surface area contributed by atoms with E-state index in [1.807, 2.05) is 0 Å². The lowest BCUT2D eigenvalue weighted by Crippen LogP contribution is -2.38. The molecule has 0 saturated carbocycles. The second-order valence-electron chi connectivity index (χ2n) is 6.51. The molecule has 2 rings (SSSR count). The summed E-state index contributed by atoms with van der Waals surface area (Å²) in [6.45, 7) is 9.31. The molecule has 0 unspecified atom stereocenters. The number of nitrogens with one attached hydrogen (secondary N) is 1. The SMILES string of the molecule is CCN(CC)S(=O)(=O)c1ccc(OCC(=O)NCCCN2CCOCC2)cc1. The minimum Gasteiger partial charge on any atom is -0.484 e. The van der Waals surface area contributed by atoms with Crippen LogP contribution in [0.3, 0.4) is 0 Å². The molecule has 0 aromatic heterocycles. The van der Waals surface area contributed by atoms with Gasteiger partial charge in [-0.15, -0.1) is 0 Å². The summed E-state index contributed by atoms with van der Waals surface area (Å²) in [7, 11) is -3.49. The van der Waals surface area contributed by atoms with Crippen LogP contribution in [0.25, 0.3) is 0 Å². The Morgan fingerprint density at radius 1 is 1.18 bits per heavy atom. The minimum atomic E-state index is -3.49. The topological polar surface area (TPSA) is 88.2 Å². The number of hydrogen-bond acceptors (Lipinski definition) is 6. The van der Waals surface area contributed by atoms with Gasteiger partial charge in [-0.3, -0.25) is 9.69 Å². The summed E-state index contributed by atoms with van der Waals surface area (Å²) in [6.07, 6.45) is 0.879. The Labute approximate surface area is 167 Å². The van der Waals surface area contributed by atoms with E-state index in [2.05, 4.69) is 10.2 Å². The second kappa shape index (κ2) is 11.4. The first-order chi connectivity index (χ1) is 13.5. The van der Waals surface area contributed by atoms with Crippen LogP contribution in [0.2, 0.25) is 0 Å². The zero-order chi connectivity index (χ0) is 20.4. The van der Waals surface area contributed by atoms with Crippen LogP contribution in [0.15, 0.2) is 29.2 Å². The minimum absolute atomic E-state index is 0.0975. The van der Waals surface area contributed by atoms with Gasteiger partial charge < -0.3 is 14.8 Å². The van der Waals surface area contributed by atoms with Crippen LogP contribution in [-0.4, -0.2) is 82.6 Å². The van der Waals surface area contributed by atoms with Gasteiger partial charge in [0.1, 0.15) is 5.75 Å². The first kappa shape index (κ1) is 22.6. The van der Waals surface area contributed by atoms with Crippen LogP contribution in [-0.2, 0) is 19.6 Å². The molecule has 1 N–H and O–H groups in total. The fraction of sp³-hybridized carbons (Fsp3) is 0.632. The van der Waals surface area contributed by atoms with Crippen molar-refractivity contribution in [1.29, 1.82) is 0 Å². The lowest BCUT2D eigenvalue weighted by Gasteiger charge is -2.26. The molecule has 1 aromatic rings. The van der Waals surface area contributed by atoms with Gasteiger partial charge in [0, 0.05) is 32.7 Å². The maximum Gasteiger partial charge on any atom is 0.257 e. The summed E-state index contributed by atoms with van der Waals surface area (Å²) >= 11 is 0. The van der Waals surface area contributed by atoms with Crippen molar-refractivity contribution in [1.82, 2.24) is 14.5 Å². The zero-order valence-corrected chi connectivity index (χ0v) is 17.5. The fourth-order valence-electron chi connectivity index (χ4n) is 2.98. The lowest BCUT2D eigenvalue weighted by molar-refractivity contribution is -0.123. The second-order valence-corrected chi connectivity index (χ2v) is 8.44. The van der Waals surface area contributed by atoms with Crippen molar-refractivity contribution in [2.24, 2.45) is 0 Å². The van der Waals surface area contributed by atoms with Gasteiger partial charge >= 0.3 is 0 Å². The number of rotatable bonds is 11. The van der Waals surface area contributed by atoms with E-state index >= 15 is 0 Å². The molecule has 9 heteroatoms. The molecule has 1 heterocycles. The first-order valence-corrected chi connectivity index (χ1v) is 11.2. The standard InChI is InChI=1S/C19H31N3O5S/c1-3-22(4-2)28(24,25)18-8-6-17(7-9-18)27-16-19(23)20-10-5-11-21-12-14-26-15-13-21/h6-9H,3-5,10-16H2,1-2H3,(H,20,23). The van der Waals surface area contributed by atoms with Gasteiger partial charge in [-0.05, 0) is 37.2 Å². The Bertz CT molecular complexity index is 699. The molecule has 28 heavy (non-hydrogen) atoms. The van der Waals surface area contributed by atoms with Crippen LogP contribution in [0.1, 0.15) is 20.3 Å². The first-order valence-electron chi connectivity index (χ1n) is 9.77. The number of sulfonamides is 1. The molecule has 1 fully saturated rings. The van der Waals surface area contributed by atoms with Crippen LogP contribution >= 0.6 is 0 Å². The van der Waals surface area contributed by atoms with Crippen LogP contribution < -0.4 is 10.1 Å². The van der Waals surface area contributed by atoms with Gasteiger partial charge in [-0.2, -0.15) is 4.31 Å². The van der Waals surface area contributed by atoms with E-state index in [1.165, 1.54) is 16.4 Å². The van der Waals surface area contributed by atoms with E-state index in [-0.39, 0.29) is 17.4 Å². The average Bonchev–Trinajstić information content (AvgIpc) is 2.71. The normalized spacial score (nSPS) is 15.5. The molecule has 8 nitrogen and oxygen atoms in total. The largest absolute Gasteiger partial charge is 0.484 e. The van der Waals surface area contributed by atoms with E-state index in [9.17, 15) is 13.2 Å². The Kier molecular flexibility index (Phi) is 9.17. The van der Waals surface area contributed by atoms with Gasteiger partial charge in [-0.1, -0.05) is 13.8 Å². The summed E-state index contributed by atoms with van der Waals surface area (Å²) in [5.41, 5.74) is 0. The molecule has 0 atom stereocenters. The van der Waals surface area contributed by atoms with E-state index in [4.69, 9.17) is 9.47 Å². The number of nitrogens with zero attached hydrogens (tertiary/aromatic N) is 2. The summed E-state index contributed by atoms with van der Waals surface area (Å²) in [5.74, 6) is 0.267. The predicted octanol–water partition coefficient (Wildman–Crippen LogP) is 0.934. The molecular formula is C19H31N3O5S. The van der Waals surface area contributed by atoms with Crippen molar-refractivity contribution in [2.75, 3.05) is 59.1 Å². The monoisotopic (exact) mass is 413 g/mol. The molecule has 0 radical (unpaired) electrons. The highest BCUT2D eigenvalue weighted by Crippen LogP contribution is 2.19. The number of carbonyl (C=O) groups excluding carboxylic acids is 1. The Morgan fingerprint density at radius 2 is 1.82 bits per heavy atom. The average molecular weight is 414 g/mol. The lowest BCUT2D eigenvalue weighted by atomic mass is 10.3. The maximum atomic E-state index is 12.4. The number of benzene rings is 1.